The van der Waals surface area contributed by atoms with E-state index in [0.29, 0.717) is 11.4 Å². The molecule has 0 saturated carbocycles. The number of carbonyl (C=O) groups excluding carboxylic acids is 1. The summed E-state index contributed by atoms with van der Waals surface area (Å²) in [6.45, 7) is 1.97. The van der Waals surface area contributed by atoms with E-state index < -0.39 is 0 Å². The molecule has 0 aliphatic carbocycles. The second-order valence-corrected chi connectivity index (χ2v) is 3.53. The van der Waals surface area contributed by atoms with Crippen LogP contribution in [0.4, 0.5) is 0 Å². The van der Waals surface area contributed by atoms with Crippen molar-refractivity contribution in [1.29, 1.82) is 0 Å². The molecule has 0 bridgehead atoms. The quantitative estimate of drug-likeness (QED) is 0.720. The van der Waals surface area contributed by atoms with Gasteiger partial charge in [-0.2, -0.15) is 0 Å². The molecule has 0 fully saturated rings. The highest BCUT2D eigenvalue weighted by molar-refractivity contribution is 7.11. The standard InChI is InChI=1S/C8H12N2OS/c1-2-6(9)5-7(11)8-10-3-4-12-8/h3-4,6H,2,5,9H2,1H3. The molecule has 1 aromatic heterocycles. The van der Waals surface area contributed by atoms with E-state index >= 15 is 0 Å². The Kier molecular flexibility index (Phi) is 3.37. The summed E-state index contributed by atoms with van der Waals surface area (Å²) in [7, 11) is 0. The minimum Gasteiger partial charge on any atom is -0.327 e. The van der Waals surface area contributed by atoms with Gasteiger partial charge in [0.05, 0.1) is 0 Å². The average molecular weight is 184 g/mol. The molecule has 0 aromatic carbocycles. The molecule has 12 heavy (non-hydrogen) atoms. The number of nitrogens with two attached hydrogens (primary N) is 1. The first-order valence-corrected chi connectivity index (χ1v) is 4.80. The summed E-state index contributed by atoms with van der Waals surface area (Å²) in [6.07, 6.45) is 2.87. The lowest BCUT2D eigenvalue weighted by atomic mass is 10.1. The van der Waals surface area contributed by atoms with Crippen molar-refractivity contribution in [2.24, 2.45) is 5.73 Å². The van der Waals surface area contributed by atoms with Gasteiger partial charge in [0.15, 0.2) is 10.8 Å². The predicted octanol–water partition coefficient (Wildman–Crippen LogP) is 1.45. The lowest BCUT2D eigenvalue weighted by Gasteiger charge is -2.04. The van der Waals surface area contributed by atoms with Crippen LogP contribution in [0.1, 0.15) is 29.6 Å². The zero-order chi connectivity index (χ0) is 8.97. The Morgan fingerprint density at radius 1 is 1.83 bits per heavy atom. The fourth-order valence-electron chi connectivity index (χ4n) is 0.831. The number of hydrogen-bond donors (Lipinski definition) is 1. The third-order valence-electron chi connectivity index (χ3n) is 1.64. The zero-order valence-corrected chi connectivity index (χ0v) is 7.80. The number of Topliss-reactive ketones (excluding diaryl/α,β-unsaturated/α-hetero) is 1. The highest BCUT2D eigenvalue weighted by atomic mass is 32.1. The summed E-state index contributed by atoms with van der Waals surface area (Å²) in [4.78, 5) is 15.3. The molecular weight excluding hydrogens is 172 g/mol. The molecule has 4 heteroatoms. The normalized spacial score (nSPS) is 12.8. The van der Waals surface area contributed by atoms with Crippen LogP contribution in [-0.4, -0.2) is 16.8 Å². The number of nitrogens with zero attached hydrogens (tertiary/aromatic N) is 1. The Labute approximate surface area is 75.6 Å². The van der Waals surface area contributed by atoms with Crippen molar-refractivity contribution in [2.75, 3.05) is 0 Å². The van der Waals surface area contributed by atoms with Crippen molar-refractivity contribution in [3.8, 4) is 0 Å². The summed E-state index contributed by atoms with van der Waals surface area (Å²) in [5.74, 6) is 0.0550. The zero-order valence-electron chi connectivity index (χ0n) is 6.99. The van der Waals surface area contributed by atoms with E-state index in [9.17, 15) is 4.79 Å². The summed E-state index contributed by atoms with van der Waals surface area (Å²) >= 11 is 1.37. The SMILES string of the molecule is CCC(N)CC(=O)c1nccs1. The van der Waals surface area contributed by atoms with Gasteiger partial charge in [0.1, 0.15) is 0 Å². The van der Waals surface area contributed by atoms with Crippen LogP contribution >= 0.6 is 11.3 Å². The summed E-state index contributed by atoms with van der Waals surface area (Å²) in [5.41, 5.74) is 5.64. The molecule has 1 atom stereocenters. The molecule has 1 heterocycles. The molecule has 0 radical (unpaired) electrons. The maximum Gasteiger partial charge on any atom is 0.192 e. The van der Waals surface area contributed by atoms with E-state index in [1.54, 1.807) is 11.6 Å². The second-order valence-electron chi connectivity index (χ2n) is 2.63. The van der Waals surface area contributed by atoms with Crippen LogP contribution in [0.15, 0.2) is 11.6 Å². The van der Waals surface area contributed by atoms with Crippen molar-refractivity contribution in [3.05, 3.63) is 16.6 Å². The second kappa shape index (κ2) is 4.33. The highest BCUT2D eigenvalue weighted by Gasteiger charge is 2.11. The first-order valence-electron chi connectivity index (χ1n) is 3.92. The minimum absolute atomic E-state index is 0.0265. The lowest BCUT2D eigenvalue weighted by Crippen LogP contribution is -2.22. The largest absolute Gasteiger partial charge is 0.327 e. The Balaban J connectivity index is 2.50. The third-order valence-corrected chi connectivity index (χ3v) is 2.46. The van der Waals surface area contributed by atoms with Crippen molar-refractivity contribution in [1.82, 2.24) is 4.98 Å². The number of ketones is 1. The molecule has 0 aliphatic rings. The first kappa shape index (κ1) is 9.35. The van der Waals surface area contributed by atoms with Crippen LogP contribution in [0.2, 0.25) is 0 Å². The van der Waals surface area contributed by atoms with Gasteiger partial charge < -0.3 is 5.73 Å². The van der Waals surface area contributed by atoms with Gasteiger partial charge in [-0.3, -0.25) is 4.79 Å². The molecule has 66 valence electrons. The molecule has 0 amide bonds. The van der Waals surface area contributed by atoms with Gasteiger partial charge in [0.25, 0.3) is 0 Å². The Morgan fingerprint density at radius 2 is 2.58 bits per heavy atom. The van der Waals surface area contributed by atoms with Crippen molar-refractivity contribution >= 4 is 17.1 Å². The maximum absolute atomic E-state index is 11.3. The Morgan fingerprint density at radius 3 is 3.08 bits per heavy atom. The van der Waals surface area contributed by atoms with Gasteiger partial charge in [0.2, 0.25) is 0 Å². The summed E-state index contributed by atoms with van der Waals surface area (Å²) in [6, 6.07) is -0.0265. The van der Waals surface area contributed by atoms with Crippen molar-refractivity contribution < 1.29 is 4.79 Å². The monoisotopic (exact) mass is 184 g/mol. The van der Waals surface area contributed by atoms with E-state index in [-0.39, 0.29) is 11.8 Å². The molecule has 0 saturated heterocycles. The van der Waals surface area contributed by atoms with Crippen LogP contribution in [0.3, 0.4) is 0 Å². The molecule has 0 aliphatic heterocycles. The molecule has 1 aromatic rings. The first-order chi connectivity index (χ1) is 5.74. The van der Waals surface area contributed by atoms with Crippen molar-refractivity contribution in [3.63, 3.8) is 0 Å². The highest BCUT2D eigenvalue weighted by Crippen LogP contribution is 2.08. The predicted molar refractivity (Wildman–Crippen MR) is 49.3 cm³/mol. The number of thiazole rings is 1. The van der Waals surface area contributed by atoms with Crippen LogP contribution in [0, 0.1) is 0 Å². The maximum atomic E-state index is 11.3. The number of rotatable bonds is 4. The summed E-state index contributed by atoms with van der Waals surface area (Å²) in [5, 5.41) is 2.36. The Bertz CT molecular complexity index is 246. The van der Waals surface area contributed by atoms with Gasteiger partial charge in [-0.25, -0.2) is 4.98 Å². The molecule has 3 nitrogen and oxygen atoms in total. The van der Waals surface area contributed by atoms with E-state index in [0.717, 1.165) is 6.42 Å². The van der Waals surface area contributed by atoms with E-state index in [2.05, 4.69) is 4.98 Å². The van der Waals surface area contributed by atoms with Crippen molar-refractivity contribution in [2.45, 2.75) is 25.8 Å². The molecule has 0 spiro atoms. The van der Waals surface area contributed by atoms with Gasteiger partial charge >= 0.3 is 0 Å². The summed E-state index contributed by atoms with van der Waals surface area (Å²) < 4.78 is 0. The topological polar surface area (TPSA) is 56.0 Å². The van der Waals surface area contributed by atoms with Crippen LogP contribution in [0.5, 0.6) is 0 Å². The van der Waals surface area contributed by atoms with Gasteiger partial charge in [-0.15, -0.1) is 11.3 Å². The van der Waals surface area contributed by atoms with E-state index in [1.807, 2.05) is 6.92 Å². The fraction of sp³-hybridized carbons (Fsp3) is 0.500. The van der Waals surface area contributed by atoms with Gasteiger partial charge in [-0.05, 0) is 6.42 Å². The van der Waals surface area contributed by atoms with E-state index in [1.165, 1.54) is 11.3 Å². The average Bonchev–Trinajstić information content (AvgIpc) is 2.56. The minimum atomic E-state index is -0.0265. The van der Waals surface area contributed by atoms with Gasteiger partial charge in [0, 0.05) is 24.0 Å². The number of aromatic nitrogens is 1. The smallest absolute Gasteiger partial charge is 0.192 e. The number of hydrogen-bond acceptors (Lipinski definition) is 4. The third kappa shape index (κ3) is 2.39. The molecule has 1 rings (SSSR count). The lowest BCUT2D eigenvalue weighted by molar-refractivity contribution is 0.0973. The molecular formula is C8H12N2OS. The number of carbonyl (C=O) groups is 1. The van der Waals surface area contributed by atoms with Crippen LogP contribution in [-0.2, 0) is 0 Å². The molecule has 1 unspecified atom stereocenters. The van der Waals surface area contributed by atoms with E-state index in [4.69, 9.17) is 5.73 Å². The Hall–Kier alpha value is -0.740. The van der Waals surface area contributed by atoms with Crippen LogP contribution < -0.4 is 5.73 Å². The van der Waals surface area contributed by atoms with Gasteiger partial charge in [-0.1, -0.05) is 6.92 Å². The van der Waals surface area contributed by atoms with Crippen LogP contribution in [0.25, 0.3) is 0 Å². The molecule has 2 N–H and O–H groups in total. The fourth-order valence-corrected chi connectivity index (χ4v) is 1.42.